The minimum atomic E-state index is -0.636. The van der Waals surface area contributed by atoms with Gasteiger partial charge in [-0.1, -0.05) is 30.3 Å². The van der Waals surface area contributed by atoms with Crippen molar-refractivity contribution in [1.29, 1.82) is 0 Å². The van der Waals surface area contributed by atoms with Crippen LogP contribution in [0, 0.1) is 0 Å². The second-order valence-corrected chi connectivity index (χ2v) is 4.63. The highest BCUT2D eigenvalue weighted by Crippen LogP contribution is 2.19. The third kappa shape index (κ3) is 2.84. The quantitative estimate of drug-likeness (QED) is 0.843. The molecule has 17 heavy (non-hydrogen) atoms. The summed E-state index contributed by atoms with van der Waals surface area (Å²) < 4.78 is 5.35. The number of benzene rings is 1. The molecule has 4 nitrogen and oxygen atoms in total. The van der Waals surface area contributed by atoms with Crippen LogP contribution < -0.4 is 0 Å². The van der Waals surface area contributed by atoms with E-state index in [0.717, 1.165) is 5.56 Å². The molecule has 1 unspecified atom stereocenters. The Morgan fingerprint density at radius 1 is 1.41 bits per heavy atom. The Hall–Kier alpha value is -1.39. The minimum absolute atomic E-state index is 0.0280. The molecule has 92 valence electrons. The van der Waals surface area contributed by atoms with Crippen LogP contribution in [-0.4, -0.2) is 41.3 Å². The fourth-order valence-corrected chi connectivity index (χ4v) is 1.91. The fraction of sp³-hybridized carbons (Fsp3) is 0.462. The predicted molar refractivity (Wildman–Crippen MR) is 63.3 cm³/mol. The normalized spacial score (nSPS) is 25.1. The lowest BCUT2D eigenvalue weighted by molar-refractivity contribution is -0.167. The molecule has 1 N–H and O–H groups in total. The molecular weight excluding hydrogens is 218 g/mol. The second-order valence-electron chi connectivity index (χ2n) is 4.63. The fourth-order valence-electron chi connectivity index (χ4n) is 1.91. The van der Waals surface area contributed by atoms with Crippen LogP contribution in [0.5, 0.6) is 0 Å². The Kier molecular flexibility index (Phi) is 3.45. The lowest BCUT2D eigenvalue weighted by Gasteiger charge is -2.39. The molecule has 0 saturated carbocycles. The zero-order valence-electron chi connectivity index (χ0n) is 9.93. The largest absolute Gasteiger partial charge is 0.393 e. The van der Waals surface area contributed by atoms with Gasteiger partial charge in [-0.2, -0.15) is 0 Å². The highest BCUT2D eigenvalue weighted by atomic mass is 16.5. The van der Waals surface area contributed by atoms with Crippen molar-refractivity contribution in [3.63, 3.8) is 0 Å². The van der Waals surface area contributed by atoms with Crippen LogP contribution in [-0.2, 0) is 16.1 Å². The number of nitrogens with zero attached hydrogens (tertiary/aromatic N) is 1. The number of carbonyl (C=O) groups excluding carboxylic acids is 1. The van der Waals surface area contributed by atoms with Gasteiger partial charge in [0.15, 0.2) is 0 Å². The van der Waals surface area contributed by atoms with E-state index < -0.39 is 5.60 Å². The van der Waals surface area contributed by atoms with E-state index in [9.17, 15) is 9.90 Å². The van der Waals surface area contributed by atoms with Gasteiger partial charge in [0.25, 0.3) is 0 Å². The molecule has 0 aromatic heterocycles. The molecule has 1 aromatic carbocycles. The summed E-state index contributed by atoms with van der Waals surface area (Å²) in [6, 6.07) is 9.82. The van der Waals surface area contributed by atoms with E-state index in [0.29, 0.717) is 13.1 Å². The monoisotopic (exact) mass is 235 g/mol. The molecule has 1 fully saturated rings. The zero-order valence-corrected chi connectivity index (χ0v) is 9.93. The summed E-state index contributed by atoms with van der Waals surface area (Å²) in [5, 5.41) is 9.26. The van der Waals surface area contributed by atoms with Crippen molar-refractivity contribution in [2.45, 2.75) is 19.1 Å². The molecule has 0 radical (unpaired) electrons. The number of aliphatic hydroxyl groups excluding tert-OH is 1. The van der Waals surface area contributed by atoms with Gasteiger partial charge in [-0.15, -0.1) is 0 Å². The van der Waals surface area contributed by atoms with Crippen LogP contribution in [0.4, 0.5) is 0 Å². The zero-order chi connectivity index (χ0) is 12.3. The highest BCUT2D eigenvalue weighted by molar-refractivity contribution is 5.78. The molecule has 0 spiro atoms. The van der Waals surface area contributed by atoms with Gasteiger partial charge in [-0.25, -0.2) is 0 Å². The average Bonchev–Trinajstić information content (AvgIpc) is 2.35. The molecule has 0 aliphatic carbocycles. The van der Waals surface area contributed by atoms with Gasteiger partial charge in [0.05, 0.1) is 13.2 Å². The third-order valence-electron chi connectivity index (χ3n) is 2.97. The number of aliphatic hydroxyl groups is 1. The topological polar surface area (TPSA) is 49.8 Å². The maximum atomic E-state index is 11.7. The van der Waals surface area contributed by atoms with Gasteiger partial charge >= 0.3 is 0 Å². The van der Waals surface area contributed by atoms with Crippen LogP contribution in [0.25, 0.3) is 0 Å². The first-order valence-electron chi connectivity index (χ1n) is 5.69. The Morgan fingerprint density at radius 3 is 2.76 bits per heavy atom. The molecule has 0 bridgehead atoms. The number of amides is 1. The van der Waals surface area contributed by atoms with Crippen molar-refractivity contribution < 1.29 is 14.6 Å². The first kappa shape index (κ1) is 12.1. The summed E-state index contributed by atoms with van der Waals surface area (Å²) in [5.74, 6) is -0.0280. The average molecular weight is 235 g/mol. The summed E-state index contributed by atoms with van der Waals surface area (Å²) >= 11 is 0. The van der Waals surface area contributed by atoms with Crippen molar-refractivity contribution in [2.75, 3.05) is 19.8 Å². The molecular formula is C13H17NO3. The van der Waals surface area contributed by atoms with Gasteiger partial charge in [0.2, 0.25) is 5.91 Å². The molecule has 1 saturated heterocycles. The van der Waals surface area contributed by atoms with Crippen molar-refractivity contribution in [3.05, 3.63) is 35.9 Å². The van der Waals surface area contributed by atoms with E-state index in [1.165, 1.54) is 0 Å². The molecule has 1 aliphatic heterocycles. The predicted octanol–water partition coefficient (Wildman–Crippen LogP) is 0.796. The van der Waals surface area contributed by atoms with Gasteiger partial charge in [-0.3, -0.25) is 4.79 Å². The van der Waals surface area contributed by atoms with E-state index >= 15 is 0 Å². The van der Waals surface area contributed by atoms with Gasteiger partial charge in [0, 0.05) is 6.54 Å². The standard InChI is InChI=1S/C13H17NO3/c1-13(10-15)9-14(12(16)8-17-13)7-11-5-3-2-4-6-11/h2-6,15H,7-10H2,1H3. The minimum Gasteiger partial charge on any atom is -0.393 e. The molecule has 1 amide bonds. The Balaban J connectivity index is 2.06. The van der Waals surface area contributed by atoms with Crippen molar-refractivity contribution in [3.8, 4) is 0 Å². The molecule has 1 aliphatic rings. The summed E-state index contributed by atoms with van der Waals surface area (Å²) in [5.41, 5.74) is 0.450. The van der Waals surface area contributed by atoms with Gasteiger partial charge < -0.3 is 14.7 Å². The van der Waals surface area contributed by atoms with Crippen molar-refractivity contribution in [2.24, 2.45) is 0 Å². The van der Waals surface area contributed by atoms with E-state index in [-0.39, 0.29) is 19.1 Å². The Bertz CT molecular complexity index is 393. The van der Waals surface area contributed by atoms with Crippen molar-refractivity contribution in [1.82, 2.24) is 4.90 Å². The SMILES string of the molecule is CC1(CO)CN(Cc2ccccc2)C(=O)CO1. The third-order valence-corrected chi connectivity index (χ3v) is 2.97. The smallest absolute Gasteiger partial charge is 0.249 e. The van der Waals surface area contributed by atoms with Crippen LogP contribution in [0.1, 0.15) is 12.5 Å². The summed E-state index contributed by atoms with van der Waals surface area (Å²) in [6.45, 7) is 2.78. The number of hydrogen-bond acceptors (Lipinski definition) is 3. The summed E-state index contributed by atoms with van der Waals surface area (Å²) in [7, 11) is 0. The van der Waals surface area contributed by atoms with Crippen molar-refractivity contribution >= 4 is 5.91 Å². The molecule has 1 aromatic rings. The van der Waals surface area contributed by atoms with Crippen LogP contribution in [0.15, 0.2) is 30.3 Å². The maximum absolute atomic E-state index is 11.7. The maximum Gasteiger partial charge on any atom is 0.249 e. The lowest BCUT2D eigenvalue weighted by Crippen LogP contribution is -2.54. The first-order chi connectivity index (χ1) is 8.13. The van der Waals surface area contributed by atoms with E-state index in [1.807, 2.05) is 37.3 Å². The van der Waals surface area contributed by atoms with E-state index in [1.54, 1.807) is 4.90 Å². The van der Waals surface area contributed by atoms with E-state index in [2.05, 4.69) is 0 Å². The number of hydrogen-bond donors (Lipinski definition) is 1. The molecule has 1 heterocycles. The van der Waals surface area contributed by atoms with E-state index in [4.69, 9.17) is 4.74 Å². The van der Waals surface area contributed by atoms with Gasteiger partial charge in [0.1, 0.15) is 12.2 Å². The number of morpholine rings is 1. The Labute approximate surface area is 101 Å². The summed E-state index contributed by atoms with van der Waals surface area (Å²) in [6.07, 6.45) is 0. The highest BCUT2D eigenvalue weighted by Gasteiger charge is 2.35. The second kappa shape index (κ2) is 4.85. The molecule has 1 atom stereocenters. The number of ether oxygens (including phenoxy) is 1. The molecule has 2 rings (SSSR count). The summed E-state index contributed by atoms with van der Waals surface area (Å²) in [4.78, 5) is 13.5. The van der Waals surface area contributed by atoms with Gasteiger partial charge in [-0.05, 0) is 12.5 Å². The van der Waals surface area contributed by atoms with Crippen LogP contribution >= 0.6 is 0 Å². The number of rotatable bonds is 3. The Morgan fingerprint density at radius 2 is 2.12 bits per heavy atom. The van der Waals surface area contributed by atoms with Crippen LogP contribution in [0.2, 0.25) is 0 Å². The first-order valence-corrected chi connectivity index (χ1v) is 5.69. The lowest BCUT2D eigenvalue weighted by atomic mass is 10.0. The molecule has 4 heteroatoms. The van der Waals surface area contributed by atoms with Crippen LogP contribution in [0.3, 0.4) is 0 Å². The number of carbonyl (C=O) groups is 1.